The van der Waals surface area contributed by atoms with Gasteiger partial charge in [-0.1, -0.05) is 13.8 Å². The van der Waals surface area contributed by atoms with Gasteiger partial charge in [-0.05, 0) is 38.8 Å². The van der Waals surface area contributed by atoms with Gasteiger partial charge < -0.3 is 10.6 Å². The summed E-state index contributed by atoms with van der Waals surface area (Å²) in [5, 5.41) is 14.7. The van der Waals surface area contributed by atoms with Crippen molar-refractivity contribution in [1.82, 2.24) is 15.5 Å². The number of H-pyrrole nitrogens is 1. The molecule has 4 heteroatoms. The molecule has 1 aliphatic heterocycles. The van der Waals surface area contributed by atoms with Crippen molar-refractivity contribution in [3.63, 3.8) is 0 Å². The van der Waals surface area contributed by atoms with E-state index in [4.69, 9.17) is 0 Å². The Kier molecular flexibility index (Phi) is 2.62. The van der Waals surface area contributed by atoms with E-state index in [2.05, 4.69) is 34.7 Å². The van der Waals surface area contributed by atoms with E-state index in [-0.39, 0.29) is 5.41 Å². The fourth-order valence-electron chi connectivity index (χ4n) is 3.01. The van der Waals surface area contributed by atoms with Crippen molar-refractivity contribution < 1.29 is 0 Å². The predicted octanol–water partition coefficient (Wildman–Crippen LogP) is 1.80. The number of nitrogens with zero attached hydrogens (tertiary/aromatic N) is 1. The summed E-state index contributed by atoms with van der Waals surface area (Å²) in [5.74, 6) is 1.11. The highest BCUT2D eigenvalue weighted by molar-refractivity contribution is 5.52. The summed E-state index contributed by atoms with van der Waals surface area (Å²) in [7, 11) is 0. The van der Waals surface area contributed by atoms with Gasteiger partial charge in [0.2, 0.25) is 0 Å². The number of hydrogen-bond acceptors (Lipinski definition) is 3. The fourth-order valence-corrected chi connectivity index (χ4v) is 3.01. The van der Waals surface area contributed by atoms with E-state index < -0.39 is 0 Å². The molecule has 1 aromatic heterocycles. The van der Waals surface area contributed by atoms with Crippen LogP contribution in [-0.4, -0.2) is 29.3 Å². The molecular formula is C13H22N4. The van der Waals surface area contributed by atoms with Crippen LogP contribution in [0.5, 0.6) is 0 Å². The molecule has 0 amide bonds. The molecule has 0 bridgehead atoms. The first-order chi connectivity index (χ1) is 8.17. The number of aromatic amines is 1. The fraction of sp³-hybridized carbons (Fsp3) is 0.769. The van der Waals surface area contributed by atoms with Gasteiger partial charge in [-0.2, -0.15) is 5.10 Å². The zero-order valence-corrected chi connectivity index (χ0v) is 10.8. The summed E-state index contributed by atoms with van der Waals surface area (Å²) in [6, 6.07) is 0.590. The Morgan fingerprint density at radius 2 is 2.06 bits per heavy atom. The molecule has 94 valence electrons. The molecule has 1 fully saturated rings. The minimum atomic E-state index is 0.274. The standard InChI is InChI=1S/C13H22N4/c1-13(2)6-3-10-11(13)16-17-12(10)15-9-4-7-14-8-5-9/h9,14H,3-8H2,1-2H3,(H2,15,16,17). The van der Waals surface area contributed by atoms with E-state index in [9.17, 15) is 0 Å². The van der Waals surface area contributed by atoms with Crippen LogP contribution in [-0.2, 0) is 11.8 Å². The third-order valence-corrected chi connectivity index (χ3v) is 4.22. The van der Waals surface area contributed by atoms with Crippen molar-refractivity contribution in [2.75, 3.05) is 18.4 Å². The van der Waals surface area contributed by atoms with Gasteiger partial charge >= 0.3 is 0 Å². The third kappa shape index (κ3) is 1.95. The van der Waals surface area contributed by atoms with E-state index in [1.54, 1.807) is 0 Å². The van der Waals surface area contributed by atoms with Gasteiger partial charge in [-0.3, -0.25) is 5.10 Å². The van der Waals surface area contributed by atoms with E-state index in [0.29, 0.717) is 6.04 Å². The van der Waals surface area contributed by atoms with Crippen LogP contribution >= 0.6 is 0 Å². The average molecular weight is 234 g/mol. The van der Waals surface area contributed by atoms with Crippen LogP contribution < -0.4 is 10.6 Å². The van der Waals surface area contributed by atoms with Crippen LogP contribution in [0, 0.1) is 0 Å². The van der Waals surface area contributed by atoms with Gasteiger partial charge in [0.05, 0.1) is 0 Å². The highest BCUT2D eigenvalue weighted by Gasteiger charge is 2.34. The van der Waals surface area contributed by atoms with Crippen molar-refractivity contribution in [1.29, 1.82) is 0 Å². The van der Waals surface area contributed by atoms with Gasteiger partial charge in [0, 0.05) is 22.7 Å². The summed E-state index contributed by atoms with van der Waals surface area (Å²) in [6.45, 7) is 6.84. The third-order valence-electron chi connectivity index (χ3n) is 4.22. The second kappa shape index (κ2) is 4.02. The smallest absolute Gasteiger partial charge is 0.151 e. The van der Waals surface area contributed by atoms with Gasteiger partial charge in [0.1, 0.15) is 0 Å². The largest absolute Gasteiger partial charge is 0.366 e. The van der Waals surface area contributed by atoms with Crippen LogP contribution in [0.3, 0.4) is 0 Å². The molecule has 3 N–H and O–H groups in total. The molecule has 0 radical (unpaired) electrons. The Labute approximate surface area is 103 Å². The number of rotatable bonds is 2. The zero-order chi connectivity index (χ0) is 11.9. The molecule has 4 nitrogen and oxygen atoms in total. The maximum Gasteiger partial charge on any atom is 0.151 e. The summed E-state index contributed by atoms with van der Waals surface area (Å²) in [4.78, 5) is 0. The SMILES string of the molecule is CC1(C)CCc2c(NC3CCNCC3)n[nH]c21. The second-order valence-electron chi connectivity index (χ2n) is 5.98. The second-order valence-corrected chi connectivity index (χ2v) is 5.98. The Morgan fingerprint density at radius 1 is 1.29 bits per heavy atom. The molecule has 1 aromatic rings. The summed E-state index contributed by atoms with van der Waals surface area (Å²) < 4.78 is 0. The molecule has 0 aromatic carbocycles. The Morgan fingerprint density at radius 3 is 2.82 bits per heavy atom. The monoisotopic (exact) mass is 234 g/mol. The molecule has 0 atom stereocenters. The quantitative estimate of drug-likeness (QED) is 0.731. The van der Waals surface area contributed by atoms with Crippen LogP contribution in [0.1, 0.15) is 44.4 Å². The first kappa shape index (κ1) is 11.1. The van der Waals surface area contributed by atoms with Crippen LogP contribution in [0.15, 0.2) is 0 Å². The normalized spacial score (nSPS) is 23.6. The Balaban J connectivity index is 1.76. The van der Waals surface area contributed by atoms with Crippen molar-refractivity contribution >= 4 is 5.82 Å². The van der Waals surface area contributed by atoms with E-state index in [1.807, 2.05) is 0 Å². The molecule has 0 unspecified atom stereocenters. The Hall–Kier alpha value is -1.03. The van der Waals surface area contributed by atoms with Crippen LogP contribution in [0.25, 0.3) is 0 Å². The minimum Gasteiger partial charge on any atom is -0.366 e. The summed E-state index contributed by atoms with van der Waals surface area (Å²) >= 11 is 0. The number of anilines is 1. The van der Waals surface area contributed by atoms with Crippen molar-refractivity contribution in [3.05, 3.63) is 11.3 Å². The minimum absolute atomic E-state index is 0.274. The highest BCUT2D eigenvalue weighted by Crippen LogP contribution is 2.40. The lowest BCUT2D eigenvalue weighted by molar-refractivity contribution is 0.477. The predicted molar refractivity (Wildman–Crippen MR) is 69.4 cm³/mol. The van der Waals surface area contributed by atoms with Crippen molar-refractivity contribution in [2.24, 2.45) is 0 Å². The molecular weight excluding hydrogens is 212 g/mol. The first-order valence-corrected chi connectivity index (χ1v) is 6.72. The van der Waals surface area contributed by atoms with Gasteiger partial charge in [-0.25, -0.2) is 0 Å². The summed E-state index contributed by atoms with van der Waals surface area (Å²) in [6.07, 6.45) is 4.79. The number of hydrogen-bond donors (Lipinski definition) is 3. The topological polar surface area (TPSA) is 52.7 Å². The number of fused-ring (bicyclic) bond motifs is 1. The van der Waals surface area contributed by atoms with Gasteiger partial charge in [0.25, 0.3) is 0 Å². The number of piperidine rings is 1. The van der Waals surface area contributed by atoms with E-state index in [0.717, 1.165) is 25.3 Å². The number of nitrogens with one attached hydrogen (secondary N) is 3. The lowest BCUT2D eigenvalue weighted by Gasteiger charge is -2.23. The molecule has 2 aliphatic rings. The molecule has 2 heterocycles. The molecule has 0 saturated carbocycles. The van der Waals surface area contributed by atoms with Gasteiger partial charge in [-0.15, -0.1) is 0 Å². The van der Waals surface area contributed by atoms with E-state index in [1.165, 1.54) is 30.5 Å². The lowest BCUT2D eigenvalue weighted by atomic mass is 9.91. The van der Waals surface area contributed by atoms with Crippen molar-refractivity contribution in [3.8, 4) is 0 Å². The maximum absolute atomic E-state index is 4.47. The lowest BCUT2D eigenvalue weighted by Crippen LogP contribution is -2.35. The molecule has 1 aliphatic carbocycles. The molecule has 3 rings (SSSR count). The highest BCUT2D eigenvalue weighted by atomic mass is 15.2. The van der Waals surface area contributed by atoms with Crippen molar-refractivity contribution in [2.45, 2.75) is 51.0 Å². The number of aromatic nitrogens is 2. The zero-order valence-electron chi connectivity index (χ0n) is 10.8. The first-order valence-electron chi connectivity index (χ1n) is 6.72. The molecule has 1 saturated heterocycles. The van der Waals surface area contributed by atoms with E-state index >= 15 is 0 Å². The average Bonchev–Trinajstić information content (AvgIpc) is 2.84. The Bertz CT molecular complexity index is 402. The summed E-state index contributed by atoms with van der Waals surface area (Å²) in [5.41, 5.74) is 3.04. The molecule has 0 spiro atoms. The van der Waals surface area contributed by atoms with Crippen LogP contribution in [0.2, 0.25) is 0 Å². The van der Waals surface area contributed by atoms with Gasteiger partial charge in [0.15, 0.2) is 5.82 Å². The maximum atomic E-state index is 4.47. The molecule has 17 heavy (non-hydrogen) atoms. The van der Waals surface area contributed by atoms with Crippen LogP contribution in [0.4, 0.5) is 5.82 Å².